The molecular formula is C20H32O3. The fourth-order valence-corrected chi connectivity index (χ4v) is 7.69. The molecule has 3 nitrogen and oxygen atoms in total. The molecule has 0 saturated heterocycles. The number of fused-ring (bicyclic) bond motifs is 3. The Kier molecular flexibility index (Phi) is 3.23. The lowest BCUT2D eigenvalue weighted by Gasteiger charge is -2.66. The maximum atomic E-state index is 11.0. The first kappa shape index (κ1) is 16.1. The van der Waals surface area contributed by atoms with Crippen molar-refractivity contribution in [2.24, 2.45) is 34.0 Å². The molecule has 23 heavy (non-hydrogen) atoms. The smallest absolute Gasteiger partial charge is 0.0810 e. The third kappa shape index (κ3) is 1.77. The van der Waals surface area contributed by atoms with Gasteiger partial charge in [0.05, 0.1) is 18.3 Å². The molecule has 130 valence electrons. The molecule has 1 spiro atoms. The van der Waals surface area contributed by atoms with Gasteiger partial charge >= 0.3 is 0 Å². The third-order valence-electron chi connectivity index (χ3n) is 8.70. The molecule has 0 aromatic carbocycles. The molecule has 4 aliphatic rings. The second-order valence-corrected chi connectivity index (χ2v) is 9.87. The van der Waals surface area contributed by atoms with Gasteiger partial charge in [-0.3, -0.25) is 0 Å². The van der Waals surface area contributed by atoms with E-state index in [0.717, 1.165) is 44.1 Å². The minimum absolute atomic E-state index is 0.00301. The molecule has 0 radical (unpaired) electrons. The number of rotatable bonds is 0. The topological polar surface area (TPSA) is 60.7 Å². The minimum Gasteiger partial charge on any atom is -0.393 e. The van der Waals surface area contributed by atoms with Crippen molar-refractivity contribution in [1.29, 1.82) is 0 Å². The zero-order valence-electron chi connectivity index (χ0n) is 14.8. The maximum absolute atomic E-state index is 11.0. The van der Waals surface area contributed by atoms with Crippen LogP contribution in [0, 0.1) is 34.0 Å². The lowest BCUT2D eigenvalue weighted by Crippen LogP contribution is -2.64. The predicted molar refractivity (Wildman–Crippen MR) is 89.7 cm³/mol. The second-order valence-electron chi connectivity index (χ2n) is 9.87. The molecule has 4 saturated carbocycles. The SMILES string of the molecule is C=C1[C@@H]2C[C@H](O)[C@H]3[C@]4(C)CC[C@H](O)C(C)(C)[C@H]4CC[C@]3(C2)[C@@H]1O. The van der Waals surface area contributed by atoms with Gasteiger partial charge in [0, 0.05) is 5.41 Å². The quantitative estimate of drug-likeness (QED) is 0.602. The highest BCUT2D eigenvalue weighted by molar-refractivity contribution is 5.28. The van der Waals surface area contributed by atoms with Crippen LogP contribution in [0.4, 0.5) is 0 Å². The molecule has 8 atom stereocenters. The van der Waals surface area contributed by atoms with Crippen LogP contribution < -0.4 is 0 Å². The van der Waals surface area contributed by atoms with E-state index in [1.54, 1.807) is 0 Å². The summed E-state index contributed by atoms with van der Waals surface area (Å²) < 4.78 is 0. The Labute approximate surface area is 139 Å². The first-order chi connectivity index (χ1) is 10.6. The van der Waals surface area contributed by atoms with Crippen molar-refractivity contribution in [3.05, 3.63) is 12.2 Å². The number of hydrogen-bond acceptors (Lipinski definition) is 3. The van der Waals surface area contributed by atoms with Crippen molar-refractivity contribution in [2.75, 3.05) is 0 Å². The highest BCUT2D eigenvalue weighted by Gasteiger charge is 2.69. The van der Waals surface area contributed by atoms with Gasteiger partial charge < -0.3 is 15.3 Å². The van der Waals surface area contributed by atoms with Crippen LogP contribution in [0.25, 0.3) is 0 Å². The average Bonchev–Trinajstić information content (AvgIpc) is 2.65. The summed E-state index contributed by atoms with van der Waals surface area (Å²) in [6, 6.07) is 0. The van der Waals surface area contributed by atoms with Gasteiger partial charge in [-0.2, -0.15) is 0 Å². The highest BCUT2D eigenvalue weighted by Crippen LogP contribution is 2.71. The predicted octanol–water partition coefficient (Wildman–Crippen LogP) is 2.89. The molecular weight excluding hydrogens is 288 g/mol. The van der Waals surface area contributed by atoms with E-state index in [4.69, 9.17) is 0 Å². The van der Waals surface area contributed by atoms with E-state index in [9.17, 15) is 15.3 Å². The molecule has 3 heteroatoms. The van der Waals surface area contributed by atoms with Crippen molar-refractivity contribution in [3.8, 4) is 0 Å². The summed E-state index contributed by atoms with van der Waals surface area (Å²) in [7, 11) is 0. The molecule has 0 aromatic rings. The molecule has 0 unspecified atom stereocenters. The second kappa shape index (κ2) is 4.62. The minimum atomic E-state index is -0.456. The molecule has 0 heterocycles. The van der Waals surface area contributed by atoms with E-state index in [0.29, 0.717) is 11.8 Å². The lowest BCUT2D eigenvalue weighted by atomic mass is 9.40. The van der Waals surface area contributed by atoms with E-state index in [1.165, 1.54) is 0 Å². The summed E-state index contributed by atoms with van der Waals surface area (Å²) in [5.74, 6) is 0.825. The summed E-state index contributed by atoms with van der Waals surface area (Å²) in [5, 5.41) is 32.6. The van der Waals surface area contributed by atoms with Gasteiger partial charge in [-0.1, -0.05) is 27.4 Å². The fraction of sp³-hybridized carbons (Fsp3) is 0.900. The normalized spacial score (nSPS) is 57.7. The standard InChI is InChI=1S/C20H32O3/c1-11-12-9-13(21)16-19(4)7-6-15(22)18(2,3)14(19)5-8-20(16,10-12)17(11)23/h12-17,21-23H,1,5-10H2,2-4H3/t12-,13+,14-,15+,16+,17-,19-,20-/m1/s1. The number of hydrogen-bond donors (Lipinski definition) is 3. The van der Waals surface area contributed by atoms with Crippen molar-refractivity contribution in [2.45, 2.75) is 77.6 Å². The van der Waals surface area contributed by atoms with Crippen LogP contribution in [0.2, 0.25) is 0 Å². The first-order valence-corrected chi connectivity index (χ1v) is 9.37. The van der Waals surface area contributed by atoms with Crippen LogP contribution in [-0.2, 0) is 0 Å². The Morgan fingerprint density at radius 3 is 2.43 bits per heavy atom. The lowest BCUT2D eigenvalue weighted by molar-refractivity contribution is -0.222. The zero-order valence-corrected chi connectivity index (χ0v) is 14.8. The van der Waals surface area contributed by atoms with E-state index in [2.05, 4.69) is 27.4 Å². The maximum Gasteiger partial charge on any atom is 0.0810 e. The molecule has 0 aliphatic heterocycles. The summed E-state index contributed by atoms with van der Waals surface area (Å²) in [4.78, 5) is 0. The molecule has 4 rings (SSSR count). The molecule has 0 amide bonds. The first-order valence-electron chi connectivity index (χ1n) is 9.37. The Bertz CT molecular complexity index is 541. The molecule has 3 N–H and O–H groups in total. The van der Waals surface area contributed by atoms with E-state index in [-0.39, 0.29) is 34.4 Å². The fourth-order valence-electron chi connectivity index (χ4n) is 7.69. The van der Waals surface area contributed by atoms with Gasteiger partial charge in [-0.05, 0) is 72.7 Å². The molecule has 4 fully saturated rings. The van der Waals surface area contributed by atoms with Gasteiger partial charge in [-0.25, -0.2) is 0 Å². The monoisotopic (exact) mass is 320 g/mol. The highest BCUT2D eigenvalue weighted by atomic mass is 16.3. The Morgan fingerprint density at radius 1 is 1.04 bits per heavy atom. The van der Waals surface area contributed by atoms with Crippen molar-refractivity contribution < 1.29 is 15.3 Å². The molecule has 0 aromatic heterocycles. The van der Waals surface area contributed by atoms with E-state index < -0.39 is 6.10 Å². The molecule has 4 aliphatic carbocycles. The van der Waals surface area contributed by atoms with Crippen LogP contribution in [0.1, 0.15) is 59.3 Å². The summed E-state index contributed by atoms with van der Waals surface area (Å²) >= 11 is 0. The Balaban J connectivity index is 1.81. The van der Waals surface area contributed by atoms with Crippen molar-refractivity contribution >= 4 is 0 Å². The summed E-state index contributed by atoms with van der Waals surface area (Å²) in [6.07, 6.45) is 4.46. The van der Waals surface area contributed by atoms with Crippen molar-refractivity contribution in [1.82, 2.24) is 0 Å². The molecule has 2 bridgehead atoms. The van der Waals surface area contributed by atoms with Crippen LogP contribution in [0.3, 0.4) is 0 Å². The Morgan fingerprint density at radius 2 is 1.74 bits per heavy atom. The number of aliphatic hydroxyl groups is 3. The van der Waals surface area contributed by atoms with Crippen molar-refractivity contribution in [3.63, 3.8) is 0 Å². The van der Waals surface area contributed by atoms with Crippen LogP contribution in [0.15, 0.2) is 12.2 Å². The van der Waals surface area contributed by atoms with Crippen LogP contribution in [-0.4, -0.2) is 33.6 Å². The third-order valence-corrected chi connectivity index (χ3v) is 8.70. The average molecular weight is 320 g/mol. The van der Waals surface area contributed by atoms with Gasteiger partial charge in [0.2, 0.25) is 0 Å². The van der Waals surface area contributed by atoms with Gasteiger partial charge in [0.1, 0.15) is 0 Å². The van der Waals surface area contributed by atoms with E-state index >= 15 is 0 Å². The van der Waals surface area contributed by atoms with E-state index in [1.807, 2.05) is 0 Å². The number of aliphatic hydroxyl groups excluding tert-OH is 3. The van der Waals surface area contributed by atoms with Crippen LogP contribution >= 0.6 is 0 Å². The zero-order chi connectivity index (χ0) is 16.8. The largest absolute Gasteiger partial charge is 0.393 e. The van der Waals surface area contributed by atoms with Crippen LogP contribution in [0.5, 0.6) is 0 Å². The van der Waals surface area contributed by atoms with Gasteiger partial charge in [0.25, 0.3) is 0 Å². The van der Waals surface area contributed by atoms with Gasteiger partial charge in [0.15, 0.2) is 0 Å². The van der Waals surface area contributed by atoms with Gasteiger partial charge in [-0.15, -0.1) is 0 Å². The Hall–Kier alpha value is -0.380. The summed E-state index contributed by atoms with van der Waals surface area (Å²) in [5.41, 5.74) is 0.662. The summed E-state index contributed by atoms with van der Waals surface area (Å²) in [6.45, 7) is 10.9.